The van der Waals surface area contributed by atoms with Gasteiger partial charge in [0.25, 0.3) is 20.0 Å². The minimum Gasteiger partial charge on any atom is -0.756 e. The lowest BCUT2D eigenvalue weighted by molar-refractivity contribution is -0.765. The molecular weight excluding hydrogens is 1280 g/mol. The zero-order chi connectivity index (χ0) is 64.0. The Morgan fingerprint density at radius 1 is 0.788 bits per heavy atom. The van der Waals surface area contributed by atoms with Gasteiger partial charge in [-0.1, -0.05) is 6.07 Å². The lowest BCUT2D eigenvalue weighted by Crippen LogP contribution is -2.46. The van der Waals surface area contributed by atoms with E-state index in [9.17, 15) is 53.4 Å². The Balaban J connectivity index is 0.000000331. The van der Waals surface area contributed by atoms with Gasteiger partial charge in [0.1, 0.15) is 59.8 Å². The molecule has 3 fully saturated rings. The zero-order valence-corrected chi connectivity index (χ0v) is 48.3. The molecule has 0 spiro atoms. The van der Waals surface area contributed by atoms with Crippen LogP contribution in [-0.2, 0) is 54.7 Å². The number of hydrogen-bond donors (Lipinski definition) is 19. The molecule has 43 nitrogen and oxygen atoms in total. The number of phosphoric acid groups is 6. The standard InChI is InChI=1S/C21H28N7O17P3.C10H14N2.C5H5N5.3H3O4P/c22-17-12-19(25-7-24-17)28(8-26-12)21-16(44-46(33,34)35)14(30)11(43-21)6-41-48(38,39)45-47(36,37)40-5-10-13(29)15(31)20(42-10)27-3-1-2-9(4-27)18(23)32;1-12-7-3-5-10(12)9-4-2-6-11-8-9;6-4-3-5(9-1-7-3)10-2-8-4;3*1-5(2,3)4/h1-4,7-8,10-11,13-16,20-21,29-31H,5-6H2,(H7-,22,23,24,25,32,33,34,35,36,37,38,39);2,4,6,8,10H,3,5,7H2,1H3;1-2H,(H3,6,7,8,9,10);3*(H3,1,2,3,4)/t10-,11-,13-,14-,15-,16-,20-,21-;10-;;;;/m10..../s1. The number of pyridine rings is 2. The highest BCUT2D eigenvalue weighted by Gasteiger charge is 2.51. The third-order valence-electron chi connectivity index (χ3n) is 10.8. The number of aliphatic hydroxyl groups is 3. The van der Waals surface area contributed by atoms with E-state index in [0.717, 1.165) is 17.2 Å². The van der Waals surface area contributed by atoms with E-state index in [1.54, 1.807) is 0 Å². The smallest absolute Gasteiger partial charge is 0.478 e. The van der Waals surface area contributed by atoms with E-state index >= 15 is 0 Å². The molecule has 474 valence electrons. The van der Waals surface area contributed by atoms with Crippen LogP contribution in [0.2, 0.25) is 0 Å². The van der Waals surface area contributed by atoms with E-state index in [2.05, 4.69) is 75.8 Å². The molecule has 3 aliphatic heterocycles. The third-order valence-corrected chi connectivity index (χ3v) is 13.9. The van der Waals surface area contributed by atoms with Crippen molar-refractivity contribution < 1.29 is 143 Å². The van der Waals surface area contributed by atoms with Crippen molar-refractivity contribution in [3.05, 3.63) is 85.5 Å². The first kappa shape index (κ1) is 72.4. The number of imidazole rings is 2. The number of hydrogen-bond acceptors (Lipinski definition) is 27. The van der Waals surface area contributed by atoms with E-state index in [1.807, 2.05) is 18.5 Å². The summed E-state index contributed by atoms with van der Waals surface area (Å²) in [6.45, 7) is -0.901. The first-order chi connectivity index (χ1) is 39.1. The van der Waals surface area contributed by atoms with Gasteiger partial charge >= 0.3 is 39.1 Å². The second-order valence-corrected chi connectivity index (χ2v) is 24.3. The summed E-state index contributed by atoms with van der Waals surface area (Å²) >= 11 is 0. The molecule has 2 unspecified atom stereocenters. The van der Waals surface area contributed by atoms with Crippen LogP contribution in [0.1, 0.15) is 47.3 Å². The molecule has 0 aliphatic carbocycles. The van der Waals surface area contributed by atoms with Gasteiger partial charge in [0.05, 0.1) is 25.9 Å². The topological polar surface area (TPSA) is 698 Å². The van der Waals surface area contributed by atoms with Gasteiger partial charge in [-0.2, -0.15) is 4.57 Å². The van der Waals surface area contributed by atoms with Crippen LogP contribution in [0.25, 0.3) is 22.3 Å². The Morgan fingerprint density at radius 3 is 1.95 bits per heavy atom. The number of ether oxygens (including phenoxy) is 2. The maximum atomic E-state index is 12.5. The molecule has 1 amide bonds. The number of nitrogens with zero attached hydrogens (tertiary/aromatic N) is 10. The van der Waals surface area contributed by atoms with E-state index < -0.39 is 115 Å². The van der Waals surface area contributed by atoms with Crippen LogP contribution in [0.3, 0.4) is 0 Å². The van der Waals surface area contributed by atoms with Gasteiger partial charge in [-0.3, -0.25) is 32.9 Å². The van der Waals surface area contributed by atoms with Crippen LogP contribution < -0.4 is 26.7 Å². The molecule has 9 rings (SSSR count). The number of aromatic nitrogens is 10. The van der Waals surface area contributed by atoms with Crippen LogP contribution in [0.4, 0.5) is 11.6 Å². The van der Waals surface area contributed by atoms with Crippen molar-refractivity contribution >= 4 is 86.8 Å². The summed E-state index contributed by atoms with van der Waals surface area (Å²) in [7, 11) is -28.3. The first-order valence-corrected chi connectivity index (χ1v) is 32.1. The molecule has 22 N–H and O–H groups in total. The van der Waals surface area contributed by atoms with Crippen LogP contribution in [0, 0.1) is 0 Å². The van der Waals surface area contributed by atoms with E-state index in [1.165, 1.54) is 66.7 Å². The molecule has 6 aromatic heterocycles. The fourth-order valence-electron chi connectivity index (χ4n) is 7.51. The number of aromatic amines is 1. The minimum absolute atomic E-state index is 0.00541. The van der Waals surface area contributed by atoms with E-state index in [4.69, 9.17) is 84.4 Å². The number of aliphatic hydroxyl groups excluding tert-OH is 3. The SMILES string of the molecule is CN1CCC[C@H]1c1cccnc1.NC(=O)c1ccc[n+]([C@@H]2O[C@H](COP(=O)([O-])OP(=O)(O)OC[C@H]3O[C@@H](n4cnc5c(N)ncnc54)[C@H](OP(=O)(O)O)[C@@H]3O)[C@@H](O)[C@H]2O)c1.Nc1ncnc2nc[nH]c12.O=P(O)(O)O.O=P(O)(O)O.O=P(O)(O)O. The highest BCUT2D eigenvalue weighted by molar-refractivity contribution is 7.60. The fraction of sp³-hybridized carbons (Fsp3) is 0.417. The molecule has 6 aromatic rings. The maximum Gasteiger partial charge on any atom is 0.478 e. The molecule has 0 aromatic carbocycles. The minimum atomic E-state index is -5.72. The second kappa shape index (κ2) is 30.7. The molecule has 3 aliphatic rings. The number of phosphoric ester groups is 3. The van der Waals surface area contributed by atoms with Crippen molar-refractivity contribution in [3.8, 4) is 0 Å². The molecule has 0 saturated carbocycles. The van der Waals surface area contributed by atoms with Crippen molar-refractivity contribution in [2.75, 3.05) is 38.3 Å². The number of amides is 1. The van der Waals surface area contributed by atoms with Gasteiger partial charge in [-0.05, 0) is 44.1 Å². The first-order valence-electron chi connectivity index (χ1n) is 22.9. The summed E-state index contributed by atoms with van der Waals surface area (Å²) in [6.07, 6.45) is 0.737. The van der Waals surface area contributed by atoms with Crippen LogP contribution in [-0.4, -0.2) is 193 Å². The Bertz CT molecular complexity index is 3370. The molecule has 85 heavy (non-hydrogen) atoms. The summed E-state index contributed by atoms with van der Waals surface area (Å²) in [6, 6.07) is 7.56. The summed E-state index contributed by atoms with van der Waals surface area (Å²) in [5, 5.41) is 31.5. The predicted molar refractivity (Wildman–Crippen MR) is 276 cm³/mol. The Morgan fingerprint density at radius 2 is 1.39 bits per heavy atom. The number of nitrogens with one attached hydrogen (secondary N) is 1. The molecule has 9 heterocycles. The highest BCUT2D eigenvalue weighted by Crippen LogP contribution is 2.59. The average molecular weight is 1330 g/mol. The van der Waals surface area contributed by atoms with Crippen molar-refractivity contribution in [3.63, 3.8) is 0 Å². The second-order valence-electron chi connectivity index (χ2n) is 17.1. The summed E-state index contributed by atoms with van der Waals surface area (Å²) in [5.41, 5.74) is 19.2. The number of anilines is 2. The lowest BCUT2D eigenvalue weighted by Gasteiger charge is -2.26. The molecular formula is C36H56N14O29P6. The molecule has 0 radical (unpaired) electrons. The van der Waals surface area contributed by atoms with Crippen LogP contribution in [0.15, 0.2) is 74.4 Å². The number of H-pyrrole nitrogens is 1. The quantitative estimate of drug-likeness (QED) is 0.0361. The number of carbonyl (C=O) groups excluding carboxylic acids is 1. The summed E-state index contributed by atoms with van der Waals surface area (Å²) in [4.78, 5) is 150. The van der Waals surface area contributed by atoms with Crippen molar-refractivity contribution in [2.45, 2.75) is 68.0 Å². The van der Waals surface area contributed by atoms with Crippen molar-refractivity contribution in [1.29, 1.82) is 0 Å². The number of fused-ring (bicyclic) bond motifs is 2. The number of primary amides is 1. The Labute approximate surface area is 475 Å². The summed E-state index contributed by atoms with van der Waals surface area (Å²) in [5.74, 6) is -0.429. The summed E-state index contributed by atoms with van der Waals surface area (Å²) < 4.78 is 94.5. The highest BCUT2D eigenvalue weighted by atomic mass is 31.3. The van der Waals surface area contributed by atoms with Crippen LogP contribution >= 0.6 is 46.9 Å². The number of likely N-dealkylation sites (tertiary alicyclic amines) is 1. The van der Waals surface area contributed by atoms with E-state index in [0.29, 0.717) is 23.0 Å². The molecule has 49 heteroatoms. The van der Waals surface area contributed by atoms with Crippen molar-refractivity contribution in [2.24, 2.45) is 5.73 Å². The number of nitrogens with two attached hydrogens (primary N) is 3. The number of nitrogen functional groups attached to an aromatic ring is 2. The lowest BCUT2D eigenvalue weighted by atomic mass is 10.1. The number of carbonyl (C=O) groups is 1. The van der Waals surface area contributed by atoms with E-state index in [-0.39, 0.29) is 22.5 Å². The monoisotopic (exact) mass is 1330 g/mol. The molecule has 11 atom stereocenters. The average Bonchev–Trinajstić information content (AvgIpc) is 4.32. The molecule has 3 saturated heterocycles. The van der Waals surface area contributed by atoms with Gasteiger partial charge in [-0.15, -0.1) is 0 Å². The number of rotatable bonds is 14. The Kier molecular flexibility index (Phi) is 26.2. The van der Waals surface area contributed by atoms with Crippen molar-refractivity contribution in [1.82, 2.24) is 49.3 Å². The van der Waals surface area contributed by atoms with Gasteiger partial charge < -0.3 is 115 Å². The Hall–Kier alpha value is -5.07. The normalized spacial score (nSPS) is 23.9. The van der Waals surface area contributed by atoms with Gasteiger partial charge in [0.2, 0.25) is 0 Å². The van der Waals surface area contributed by atoms with Gasteiger partial charge in [0.15, 0.2) is 47.7 Å². The molecule has 0 bridgehead atoms. The van der Waals surface area contributed by atoms with Gasteiger partial charge in [0, 0.05) is 24.5 Å². The third kappa shape index (κ3) is 24.9. The predicted octanol–water partition coefficient (Wildman–Crippen LogP) is -4.53. The zero-order valence-electron chi connectivity index (χ0n) is 43.0. The fourth-order valence-corrected chi connectivity index (χ4v) is 10.1. The van der Waals surface area contributed by atoms with Gasteiger partial charge in [-0.25, -0.2) is 57.0 Å². The largest absolute Gasteiger partial charge is 0.756 e. The maximum absolute atomic E-state index is 12.5. The van der Waals surface area contributed by atoms with Crippen LogP contribution in [0.5, 0.6) is 0 Å².